The summed E-state index contributed by atoms with van der Waals surface area (Å²) in [6.07, 6.45) is 5.47. The molecule has 6 heteroatoms. The molecule has 0 aromatic carbocycles. The molecular weight excluding hydrogens is 324 g/mol. The molecule has 26 heavy (non-hydrogen) atoms. The van der Waals surface area contributed by atoms with E-state index in [9.17, 15) is 0 Å². The van der Waals surface area contributed by atoms with Crippen molar-refractivity contribution in [2.24, 2.45) is 10.8 Å². The molecule has 0 amide bonds. The van der Waals surface area contributed by atoms with Crippen LogP contribution in [0, 0.1) is 10.8 Å². The second-order valence-electron chi connectivity index (χ2n) is 9.70. The lowest BCUT2D eigenvalue weighted by molar-refractivity contribution is 0.136. The Balaban J connectivity index is 1.59. The molecule has 0 spiro atoms. The van der Waals surface area contributed by atoms with Crippen LogP contribution in [0.4, 0.5) is 17.3 Å². The van der Waals surface area contributed by atoms with E-state index in [-0.39, 0.29) is 0 Å². The number of likely N-dealkylation sites (N-methyl/N-ethyl adjacent to an activating group) is 1. The van der Waals surface area contributed by atoms with Crippen LogP contribution in [-0.2, 0) is 0 Å². The molecule has 2 N–H and O–H groups in total. The van der Waals surface area contributed by atoms with Crippen LogP contribution in [0.2, 0.25) is 0 Å². The highest BCUT2D eigenvalue weighted by atomic mass is 15.3. The first-order chi connectivity index (χ1) is 12.3. The first-order valence-electron chi connectivity index (χ1n) is 10.1. The second kappa shape index (κ2) is 6.25. The van der Waals surface area contributed by atoms with Crippen molar-refractivity contribution in [1.29, 1.82) is 0 Å². The average molecular weight is 359 g/mol. The Morgan fingerprint density at radius 1 is 1.08 bits per heavy atom. The number of nitrogens with two attached hydrogens (primary N) is 1. The van der Waals surface area contributed by atoms with Gasteiger partial charge in [0.1, 0.15) is 12.0 Å². The predicted octanol–water partition coefficient (Wildman–Crippen LogP) is 2.61. The van der Waals surface area contributed by atoms with Crippen molar-refractivity contribution < 1.29 is 0 Å². The topological polar surface area (TPSA) is 61.5 Å². The smallest absolute Gasteiger partial charge is 0.157 e. The lowest BCUT2D eigenvalue weighted by Gasteiger charge is -2.39. The highest BCUT2D eigenvalue weighted by Gasteiger charge is 2.50. The molecule has 1 aromatic rings. The number of piperazine rings is 1. The van der Waals surface area contributed by atoms with Gasteiger partial charge in [-0.2, -0.15) is 0 Å². The largest absolute Gasteiger partial charge is 0.393 e. The van der Waals surface area contributed by atoms with Gasteiger partial charge in [0.05, 0.1) is 0 Å². The number of aromatic nitrogens is 2. The zero-order valence-electron chi connectivity index (χ0n) is 16.8. The van der Waals surface area contributed by atoms with Crippen molar-refractivity contribution in [2.45, 2.75) is 53.0 Å². The zero-order valence-corrected chi connectivity index (χ0v) is 16.8. The molecule has 0 radical (unpaired) electrons. The quantitative estimate of drug-likeness (QED) is 0.896. The van der Waals surface area contributed by atoms with Crippen molar-refractivity contribution in [1.82, 2.24) is 14.9 Å². The van der Waals surface area contributed by atoms with Gasteiger partial charge < -0.3 is 20.4 Å². The molecule has 2 aliphatic heterocycles. The van der Waals surface area contributed by atoms with Gasteiger partial charge in [0, 0.05) is 38.8 Å². The zero-order chi connectivity index (χ0) is 18.5. The van der Waals surface area contributed by atoms with E-state index in [0.29, 0.717) is 16.9 Å². The number of nitrogen functional groups attached to an aromatic ring is 1. The summed E-state index contributed by atoms with van der Waals surface area (Å²) in [6, 6.07) is 0.547. The highest BCUT2D eigenvalue weighted by molar-refractivity contribution is 5.76. The van der Waals surface area contributed by atoms with Crippen LogP contribution in [-0.4, -0.2) is 60.2 Å². The average Bonchev–Trinajstić information content (AvgIpc) is 2.84. The lowest BCUT2D eigenvalue weighted by Crippen LogP contribution is -2.46. The van der Waals surface area contributed by atoms with Crippen LogP contribution in [0.15, 0.2) is 6.33 Å². The third-order valence-corrected chi connectivity index (χ3v) is 6.65. The lowest BCUT2D eigenvalue weighted by atomic mass is 9.65. The Bertz CT molecular complexity index is 666. The van der Waals surface area contributed by atoms with E-state index in [1.807, 2.05) is 0 Å². The molecule has 2 unspecified atom stereocenters. The number of anilines is 3. The van der Waals surface area contributed by atoms with E-state index >= 15 is 0 Å². The molecule has 2 saturated heterocycles. The molecule has 1 saturated carbocycles. The Morgan fingerprint density at radius 2 is 1.77 bits per heavy atom. The highest BCUT2D eigenvalue weighted by Crippen LogP contribution is 2.54. The summed E-state index contributed by atoms with van der Waals surface area (Å²) in [5.41, 5.74) is 8.17. The Morgan fingerprint density at radius 3 is 2.46 bits per heavy atom. The molecule has 1 aliphatic carbocycles. The Kier molecular flexibility index (Phi) is 4.29. The van der Waals surface area contributed by atoms with Gasteiger partial charge in [-0.3, -0.25) is 0 Å². The fourth-order valence-electron chi connectivity index (χ4n) is 5.84. The van der Waals surface area contributed by atoms with Crippen LogP contribution in [0.3, 0.4) is 0 Å². The van der Waals surface area contributed by atoms with Gasteiger partial charge in [0.25, 0.3) is 0 Å². The minimum absolute atomic E-state index is 0.372. The van der Waals surface area contributed by atoms with Gasteiger partial charge in [0.2, 0.25) is 0 Å². The van der Waals surface area contributed by atoms with Gasteiger partial charge in [0.15, 0.2) is 11.6 Å². The summed E-state index contributed by atoms with van der Waals surface area (Å²) in [5, 5.41) is 0. The fraction of sp³-hybridized carbons (Fsp3) is 0.800. The van der Waals surface area contributed by atoms with Crippen LogP contribution < -0.4 is 15.5 Å². The van der Waals surface area contributed by atoms with E-state index < -0.39 is 0 Å². The van der Waals surface area contributed by atoms with Gasteiger partial charge in [-0.1, -0.05) is 27.7 Å². The van der Waals surface area contributed by atoms with Crippen molar-refractivity contribution in [3.05, 3.63) is 6.33 Å². The third-order valence-electron chi connectivity index (χ3n) is 6.65. The maximum Gasteiger partial charge on any atom is 0.157 e. The fourth-order valence-corrected chi connectivity index (χ4v) is 5.84. The molecule has 2 bridgehead atoms. The van der Waals surface area contributed by atoms with Gasteiger partial charge in [-0.25, -0.2) is 9.97 Å². The van der Waals surface area contributed by atoms with E-state index in [1.54, 1.807) is 6.33 Å². The minimum Gasteiger partial charge on any atom is -0.393 e. The summed E-state index contributed by atoms with van der Waals surface area (Å²) in [6.45, 7) is 15.8. The first kappa shape index (κ1) is 17.8. The Hall–Kier alpha value is -1.56. The van der Waals surface area contributed by atoms with Crippen LogP contribution in [0.5, 0.6) is 0 Å². The SMILES string of the molecule is CCN1CCN(c2ncnc(N3CC4(C)CC3CC(C)(C)C4)c2N)CC1. The summed E-state index contributed by atoms with van der Waals surface area (Å²) >= 11 is 0. The number of nitrogens with zero attached hydrogens (tertiary/aromatic N) is 5. The van der Waals surface area contributed by atoms with Crippen LogP contribution in [0.1, 0.15) is 47.0 Å². The number of hydrogen-bond acceptors (Lipinski definition) is 6. The third kappa shape index (κ3) is 3.13. The molecule has 6 nitrogen and oxygen atoms in total. The molecule has 2 atom stereocenters. The van der Waals surface area contributed by atoms with Crippen molar-refractivity contribution in [2.75, 3.05) is 54.8 Å². The monoisotopic (exact) mass is 358 g/mol. The predicted molar refractivity (Wildman–Crippen MR) is 108 cm³/mol. The van der Waals surface area contributed by atoms with E-state index in [1.165, 1.54) is 19.3 Å². The van der Waals surface area contributed by atoms with E-state index in [0.717, 1.165) is 56.6 Å². The number of fused-ring (bicyclic) bond motifs is 2. The Labute approximate surface area is 157 Å². The molecule has 4 rings (SSSR count). The number of rotatable bonds is 3. The molecule has 3 aliphatic rings. The minimum atomic E-state index is 0.372. The molecule has 3 fully saturated rings. The van der Waals surface area contributed by atoms with E-state index in [4.69, 9.17) is 5.73 Å². The van der Waals surface area contributed by atoms with Gasteiger partial charge in [-0.15, -0.1) is 0 Å². The number of hydrogen-bond donors (Lipinski definition) is 1. The van der Waals surface area contributed by atoms with Crippen LogP contribution in [0.25, 0.3) is 0 Å². The maximum absolute atomic E-state index is 6.63. The maximum atomic E-state index is 6.63. The van der Waals surface area contributed by atoms with Crippen molar-refractivity contribution >= 4 is 17.3 Å². The molecule has 3 heterocycles. The summed E-state index contributed by atoms with van der Waals surface area (Å²) in [7, 11) is 0. The molecule has 1 aromatic heterocycles. The molecular formula is C20H34N6. The normalized spacial score (nSPS) is 31.5. The summed E-state index contributed by atoms with van der Waals surface area (Å²) < 4.78 is 0. The standard InChI is InChI=1S/C20H34N6/c1-5-24-6-8-25(9-7-24)17-16(21)18(23-14-22-17)26-13-20(4)11-15(26)10-19(2,3)12-20/h14-15H,5-13,21H2,1-4H3. The first-order valence-corrected chi connectivity index (χ1v) is 10.1. The van der Waals surface area contributed by atoms with E-state index in [2.05, 4.69) is 52.4 Å². The van der Waals surface area contributed by atoms with Crippen molar-refractivity contribution in [3.63, 3.8) is 0 Å². The van der Waals surface area contributed by atoms with Gasteiger partial charge in [-0.05, 0) is 36.6 Å². The molecule has 144 valence electrons. The second-order valence-corrected chi connectivity index (χ2v) is 9.70. The van der Waals surface area contributed by atoms with Crippen LogP contribution >= 0.6 is 0 Å². The summed E-state index contributed by atoms with van der Waals surface area (Å²) in [5.74, 6) is 1.89. The van der Waals surface area contributed by atoms with Crippen molar-refractivity contribution in [3.8, 4) is 0 Å². The van der Waals surface area contributed by atoms with Gasteiger partial charge >= 0.3 is 0 Å². The summed E-state index contributed by atoms with van der Waals surface area (Å²) in [4.78, 5) is 16.5.